The van der Waals surface area contributed by atoms with Crippen LogP contribution in [0, 0.1) is 17.3 Å². The first kappa shape index (κ1) is 12.5. The molecular weight excluding hydrogens is 188 g/mol. The summed E-state index contributed by atoms with van der Waals surface area (Å²) in [6.45, 7) is 6.58. The highest BCUT2D eigenvalue weighted by atomic mass is 16.4. The minimum Gasteiger partial charge on any atom is -0.550 e. The van der Waals surface area contributed by atoms with E-state index < -0.39 is 5.97 Å². The van der Waals surface area contributed by atoms with Gasteiger partial charge >= 0.3 is 0 Å². The van der Waals surface area contributed by atoms with Crippen molar-refractivity contribution in [2.75, 3.05) is 0 Å². The van der Waals surface area contributed by atoms with Crippen LogP contribution in [-0.4, -0.2) is 5.97 Å². The zero-order valence-corrected chi connectivity index (χ0v) is 10.2. The van der Waals surface area contributed by atoms with Crippen LogP contribution in [0.5, 0.6) is 0 Å². The molecule has 1 rings (SSSR count). The second-order valence-electron chi connectivity index (χ2n) is 5.46. The van der Waals surface area contributed by atoms with Crippen molar-refractivity contribution >= 4 is 5.97 Å². The summed E-state index contributed by atoms with van der Waals surface area (Å²) in [5.74, 6) is 0.0977. The number of carbonyl (C=O) groups is 1. The summed E-state index contributed by atoms with van der Waals surface area (Å²) in [6, 6.07) is 0. The minimum absolute atomic E-state index is 0.242. The SMILES string of the molecule is CCCCCCC1C(CC(=O)[O-])C1(C)C. The van der Waals surface area contributed by atoms with Crippen molar-refractivity contribution in [2.45, 2.75) is 59.3 Å². The van der Waals surface area contributed by atoms with Crippen molar-refractivity contribution in [1.29, 1.82) is 0 Å². The first-order chi connectivity index (χ1) is 7.00. The zero-order valence-electron chi connectivity index (χ0n) is 10.2. The molecule has 0 radical (unpaired) electrons. The lowest BCUT2D eigenvalue weighted by Crippen LogP contribution is -2.23. The molecule has 1 saturated carbocycles. The third-order valence-electron chi connectivity index (χ3n) is 4.04. The summed E-state index contributed by atoms with van der Waals surface area (Å²) in [7, 11) is 0. The molecule has 2 heteroatoms. The summed E-state index contributed by atoms with van der Waals surface area (Å²) in [5, 5.41) is 10.5. The van der Waals surface area contributed by atoms with Gasteiger partial charge in [0.15, 0.2) is 0 Å². The maximum atomic E-state index is 10.5. The Morgan fingerprint density at radius 1 is 1.20 bits per heavy atom. The Balaban J connectivity index is 2.22. The first-order valence-electron chi connectivity index (χ1n) is 6.20. The molecule has 0 amide bonds. The van der Waals surface area contributed by atoms with Crippen LogP contribution in [0.3, 0.4) is 0 Å². The average molecular weight is 211 g/mol. The predicted octanol–water partition coefficient (Wildman–Crippen LogP) is 2.37. The van der Waals surface area contributed by atoms with E-state index in [9.17, 15) is 9.90 Å². The number of unbranched alkanes of at least 4 members (excludes halogenated alkanes) is 3. The van der Waals surface area contributed by atoms with Crippen molar-refractivity contribution in [3.05, 3.63) is 0 Å². The van der Waals surface area contributed by atoms with Gasteiger partial charge in [-0.3, -0.25) is 0 Å². The molecule has 0 aromatic carbocycles. The van der Waals surface area contributed by atoms with Gasteiger partial charge in [0, 0.05) is 5.97 Å². The molecular formula is C13H23O2-. The fourth-order valence-corrected chi connectivity index (χ4v) is 2.81. The summed E-state index contributed by atoms with van der Waals surface area (Å²) in [5.41, 5.74) is 0.242. The molecule has 1 fully saturated rings. The second-order valence-corrected chi connectivity index (χ2v) is 5.46. The van der Waals surface area contributed by atoms with Crippen LogP contribution >= 0.6 is 0 Å². The van der Waals surface area contributed by atoms with E-state index in [1.165, 1.54) is 32.1 Å². The van der Waals surface area contributed by atoms with Crippen molar-refractivity contribution in [2.24, 2.45) is 17.3 Å². The van der Waals surface area contributed by atoms with Crippen molar-refractivity contribution in [1.82, 2.24) is 0 Å². The first-order valence-corrected chi connectivity index (χ1v) is 6.20. The molecule has 15 heavy (non-hydrogen) atoms. The van der Waals surface area contributed by atoms with Gasteiger partial charge in [-0.25, -0.2) is 0 Å². The Bertz CT molecular complexity index is 221. The molecule has 2 atom stereocenters. The second kappa shape index (κ2) is 5.00. The fourth-order valence-electron chi connectivity index (χ4n) is 2.81. The number of carbonyl (C=O) groups excluding carboxylic acids is 1. The highest BCUT2D eigenvalue weighted by Crippen LogP contribution is 2.61. The van der Waals surface area contributed by atoms with Crippen molar-refractivity contribution in [3.63, 3.8) is 0 Å². The Hall–Kier alpha value is -0.530. The smallest absolute Gasteiger partial charge is 0.0417 e. The summed E-state index contributed by atoms with van der Waals surface area (Å²) in [4.78, 5) is 10.5. The Labute approximate surface area is 93.1 Å². The van der Waals surface area contributed by atoms with Crippen LogP contribution in [0.15, 0.2) is 0 Å². The Kier molecular flexibility index (Phi) is 4.18. The van der Waals surface area contributed by atoms with E-state index in [0.717, 1.165) is 0 Å². The third kappa shape index (κ3) is 3.22. The number of rotatable bonds is 7. The molecule has 0 bridgehead atoms. The number of carboxylic acid groups (broad SMARTS) is 1. The molecule has 1 aliphatic carbocycles. The lowest BCUT2D eigenvalue weighted by Gasteiger charge is -2.02. The third-order valence-corrected chi connectivity index (χ3v) is 4.04. The molecule has 88 valence electrons. The Morgan fingerprint density at radius 2 is 1.87 bits per heavy atom. The molecule has 1 aliphatic rings. The molecule has 0 aromatic heterocycles. The van der Waals surface area contributed by atoms with E-state index in [1.807, 2.05) is 0 Å². The lowest BCUT2D eigenvalue weighted by atomic mass is 10.0. The Morgan fingerprint density at radius 3 is 2.40 bits per heavy atom. The zero-order chi connectivity index (χ0) is 11.5. The molecule has 0 aliphatic heterocycles. The number of carboxylic acids is 1. The number of hydrogen-bond donors (Lipinski definition) is 0. The van der Waals surface area contributed by atoms with Gasteiger partial charge in [0.2, 0.25) is 0 Å². The number of hydrogen-bond acceptors (Lipinski definition) is 2. The molecule has 0 N–H and O–H groups in total. The van der Waals surface area contributed by atoms with Gasteiger partial charge in [0.1, 0.15) is 0 Å². The topological polar surface area (TPSA) is 40.1 Å². The van der Waals surface area contributed by atoms with Gasteiger partial charge in [-0.1, -0.05) is 46.5 Å². The minimum atomic E-state index is -0.885. The molecule has 2 unspecified atom stereocenters. The highest BCUT2D eigenvalue weighted by molar-refractivity contribution is 5.65. The molecule has 0 saturated heterocycles. The predicted molar refractivity (Wildman–Crippen MR) is 59.1 cm³/mol. The van der Waals surface area contributed by atoms with Gasteiger partial charge in [-0.15, -0.1) is 0 Å². The quantitative estimate of drug-likeness (QED) is 0.606. The van der Waals surface area contributed by atoms with Crippen LogP contribution in [0.1, 0.15) is 59.3 Å². The highest BCUT2D eigenvalue weighted by Gasteiger charge is 2.55. The number of aliphatic carboxylic acids is 1. The summed E-state index contributed by atoms with van der Waals surface area (Å²) in [6.07, 6.45) is 6.57. The van der Waals surface area contributed by atoms with Gasteiger partial charge in [0.05, 0.1) is 0 Å². The summed E-state index contributed by atoms with van der Waals surface area (Å²) >= 11 is 0. The van der Waals surface area contributed by atoms with Crippen LogP contribution in [0.4, 0.5) is 0 Å². The summed E-state index contributed by atoms with van der Waals surface area (Å²) < 4.78 is 0. The standard InChI is InChI=1S/C13H24O2/c1-4-5-6-7-8-10-11(9-12(14)15)13(10,2)3/h10-11H,4-9H2,1-3H3,(H,14,15)/p-1. The van der Waals surface area contributed by atoms with E-state index in [2.05, 4.69) is 20.8 Å². The van der Waals surface area contributed by atoms with Gasteiger partial charge in [0.25, 0.3) is 0 Å². The van der Waals surface area contributed by atoms with Crippen molar-refractivity contribution in [3.8, 4) is 0 Å². The van der Waals surface area contributed by atoms with Crippen molar-refractivity contribution < 1.29 is 9.90 Å². The maximum absolute atomic E-state index is 10.5. The molecule has 2 nitrogen and oxygen atoms in total. The van der Waals surface area contributed by atoms with Crippen LogP contribution in [0.25, 0.3) is 0 Å². The molecule has 0 heterocycles. The molecule has 0 spiro atoms. The van der Waals surface area contributed by atoms with Crippen LogP contribution in [0.2, 0.25) is 0 Å². The normalized spacial score (nSPS) is 27.7. The van der Waals surface area contributed by atoms with Crippen LogP contribution < -0.4 is 5.11 Å². The van der Waals surface area contributed by atoms with E-state index >= 15 is 0 Å². The van der Waals surface area contributed by atoms with Gasteiger partial charge in [-0.05, 0) is 30.1 Å². The maximum Gasteiger partial charge on any atom is 0.0417 e. The lowest BCUT2D eigenvalue weighted by molar-refractivity contribution is -0.306. The largest absolute Gasteiger partial charge is 0.550 e. The van der Waals surface area contributed by atoms with E-state index in [1.54, 1.807) is 0 Å². The van der Waals surface area contributed by atoms with E-state index in [0.29, 0.717) is 11.8 Å². The van der Waals surface area contributed by atoms with E-state index in [4.69, 9.17) is 0 Å². The van der Waals surface area contributed by atoms with Crippen LogP contribution in [-0.2, 0) is 4.79 Å². The van der Waals surface area contributed by atoms with E-state index in [-0.39, 0.29) is 11.8 Å². The van der Waals surface area contributed by atoms with Gasteiger partial charge in [-0.2, -0.15) is 0 Å². The van der Waals surface area contributed by atoms with Gasteiger partial charge < -0.3 is 9.90 Å². The molecule has 0 aromatic rings. The fraction of sp³-hybridized carbons (Fsp3) is 0.923. The monoisotopic (exact) mass is 211 g/mol. The average Bonchev–Trinajstić information content (AvgIpc) is 2.62.